The molecule has 0 amide bonds. The van der Waals surface area contributed by atoms with E-state index in [-0.39, 0.29) is 30.0 Å². The lowest BCUT2D eigenvalue weighted by atomic mass is 10.1. The Morgan fingerprint density at radius 1 is 0.939 bits per heavy atom. The maximum atomic E-state index is 13.4. The van der Waals surface area contributed by atoms with Crippen molar-refractivity contribution < 1.29 is 4.92 Å². The number of nitro groups is 1. The summed E-state index contributed by atoms with van der Waals surface area (Å²) in [5, 5.41) is 12.3. The Balaban J connectivity index is 1.56. The highest BCUT2D eigenvalue weighted by Crippen LogP contribution is 2.18. The minimum absolute atomic E-state index is 0.0298. The van der Waals surface area contributed by atoms with Gasteiger partial charge in [0.1, 0.15) is 5.65 Å². The Morgan fingerprint density at radius 2 is 1.70 bits per heavy atom. The summed E-state index contributed by atoms with van der Waals surface area (Å²) < 4.78 is 2.67. The predicted octanol–water partition coefficient (Wildman–Crippen LogP) is 3.24. The van der Waals surface area contributed by atoms with E-state index in [4.69, 9.17) is 0 Å². The number of nitrogens with zero attached hydrogens (tertiary/aromatic N) is 4. The molecular weight excluding hydrogens is 422 g/mol. The quantitative estimate of drug-likeness (QED) is 0.321. The van der Waals surface area contributed by atoms with Crippen molar-refractivity contribution in [3.63, 3.8) is 0 Å². The first kappa shape index (κ1) is 20.4. The molecule has 0 fully saturated rings. The van der Waals surface area contributed by atoms with Gasteiger partial charge in [0.25, 0.3) is 11.2 Å². The molecule has 0 radical (unpaired) electrons. The van der Waals surface area contributed by atoms with Crippen molar-refractivity contribution in [3.05, 3.63) is 115 Å². The largest absolute Gasteiger partial charge is 0.361 e. The van der Waals surface area contributed by atoms with Crippen molar-refractivity contribution in [2.75, 3.05) is 0 Å². The summed E-state index contributed by atoms with van der Waals surface area (Å²) >= 11 is 0. The molecular formula is C24H19N5O4. The molecule has 0 saturated heterocycles. The van der Waals surface area contributed by atoms with Crippen LogP contribution in [0.4, 0.5) is 5.69 Å². The molecule has 1 N–H and O–H groups in total. The van der Waals surface area contributed by atoms with E-state index >= 15 is 0 Å². The van der Waals surface area contributed by atoms with Gasteiger partial charge >= 0.3 is 5.69 Å². The molecule has 0 aliphatic rings. The van der Waals surface area contributed by atoms with Crippen LogP contribution in [-0.4, -0.2) is 24.0 Å². The number of pyridine rings is 1. The summed E-state index contributed by atoms with van der Waals surface area (Å²) in [6.45, 7) is 0.350. The molecule has 0 aliphatic heterocycles. The second-order valence-electron chi connectivity index (χ2n) is 7.73. The van der Waals surface area contributed by atoms with Gasteiger partial charge in [-0.2, -0.15) is 0 Å². The van der Waals surface area contributed by atoms with Crippen molar-refractivity contribution in [1.29, 1.82) is 0 Å². The van der Waals surface area contributed by atoms with Gasteiger partial charge in [-0.3, -0.25) is 24.0 Å². The van der Waals surface area contributed by atoms with Gasteiger partial charge in [0.15, 0.2) is 0 Å². The molecule has 164 valence electrons. The second-order valence-corrected chi connectivity index (χ2v) is 7.73. The Morgan fingerprint density at radius 3 is 2.48 bits per heavy atom. The van der Waals surface area contributed by atoms with Gasteiger partial charge in [0.05, 0.1) is 16.9 Å². The number of fused-ring (bicyclic) bond motifs is 2. The molecule has 0 bridgehead atoms. The molecule has 3 aromatic heterocycles. The number of benzene rings is 2. The average Bonchev–Trinajstić information content (AvgIpc) is 3.25. The van der Waals surface area contributed by atoms with Gasteiger partial charge in [-0.25, -0.2) is 9.78 Å². The molecule has 9 nitrogen and oxygen atoms in total. The molecule has 33 heavy (non-hydrogen) atoms. The number of hydrogen-bond acceptors (Lipinski definition) is 5. The van der Waals surface area contributed by atoms with E-state index in [1.54, 1.807) is 24.3 Å². The number of para-hydroxylation sites is 1. The molecule has 2 aromatic carbocycles. The zero-order valence-electron chi connectivity index (χ0n) is 17.5. The molecule has 9 heteroatoms. The van der Waals surface area contributed by atoms with Crippen LogP contribution in [0.15, 0.2) is 82.6 Å². The number of aromatic nitrogens is 4. The van der Waals surface area contributed by atoms with Crippen LogP contribution in [0.3, 0.4) is 0 Å². The van der Waals surface area contributed by atoms with E-state index in [1.165, 1.54) is 27.5 Å². The first-order valence-electron chi connectivity index (χ1n) is 10.4. The van der Waals surface area contributed by atoms with E-state index in [9.17, 15) is 19.7 Å². The fourth-order valence-electron chi connectivity index (χ4n) is 4.06. The van der Waals surface area contributed by atoms with Crippen LogP contribution in [-0.2, 0) is 19.5 Å². The van der Waals surface area contributed by atoms with E-state index in [0.717, 1.165) is 16.5 Å². The molecule has 0 atom stereocenters. The van der Waals surface area contributed by atoms with Crippen LogP contribution in [0.2, 0.25) is 0 Å². The minimum Gasteiger partial charge on any atom is -0.361 e. The smallest absolute Gasteiger partial charge is 0.332 e. The van der Waals surface area contributed by atoms with Crippen molar-refractivity contribution in [2.45, 2.75) is 19.5 Å². The normalized spacial score (nSPS) is 11.3. The summed E-state index contributed by atoms with van der Waals surface area (Å²) in [4.78, 5) is 44.4. The Hall–Kier alpha value is -4.53. The fraction of sp³-hybridized carbons (Fsp3) is 0.125. The molecule has 5 aromatic rings. The third-order valence-electron chi connectivity index (χ3n) is 5.75. The number of H-pyrrole nitrogens is 1. The topological polar surface area (TPSA) is 116 Å². The Kier molecular flexibility index (Phi) is 5.06. The second kappa shape index (κ2) is 8.19. The van der Waals surface area contributed by atoms with Gasteiger partial charge in [-0.15, -0.1) is 0 Å². The molecule has 3 heterocycles. The number of non-ortho nitro benzene ring substituents is 1. The molecule has 0 unspecified atom stereocenters. The molecule has 5 rings (SSSR count). The predicted molar refractivity (Wildman–Crippen MR) is 124 cm³/mol. The SMILES string of the molecule is O=c1c2cccnc2n(Cc2ccc([N+](=O)[O-])cc2)c(=O)n1CCc1c[nH]c2ccccc12. The monoisotopic (exact) mass is 441 g/mol. The number of aromatic amines is 1. The Bertz CT molecular complexity index is 1610. The standard InChI is InChI=1S/C24H19N5O4/c30-23-20-5-3-12-25-22(20)28(15-16-7-9-18(10-8-16)29(32)33)24(31)27(23)13-11-17-14-26-21-6-2-1-4-19(17)21/h1-10,12,14,26H,11,13,15H2. The Labute approximate surface area is 186 Å². The minimum atomic E-state index is -0.474. The van der Waals surface area contributed by atoms with Crippen molar-refractivity contribution in [1.82, 2.24) is 19.1 Å². The number of nitrogens with one attached hydrogen (secondary N) is 1. The lowest BCUT2D eigenvalue weighted by Gasteiger charge is -2.13. The fourth-order valence-corrected chi connectivity index (χ4v) is 4.06. The number of hydrogen-bond donors (Lipinski definition) is 1. The summed E-state index contributed by atoms with van der Waals surface area (Å²) in [5.74, 6) is 0. The van der Waals surface area contributed by atoms with Gasteiger partial charge in [0.2, 0.25) is 0 Å². The molecule has 0 saturated carbocycles. The van der Waals surface area contributed by atoms with Gasteiger partial charge < -0.3 is 4.98 Å². The van der Waals surface area contributed by atoms with Gasteiger partial charge in [0, 0.05) is 42.0 Å². The summed E-state index contributed by atoms with van der Waals surface area (Å²) in [6, 6.07) is 17.2. The van der Waals surface area contributed by atoms with Crippen molar-refractivity contribution in [3.8, 4) is 0 Å². The lowest BCUT2D eigenvalue weighted by Crippen LogP contribution is -2.41. The average molecular weight is 441 g/mol. The first-order valence-corrected chi connectivity index (χ1v) is 10.4. The number of aryl methyl sites for hydroxylation is 1. The first-order chi connectivity index (χ1) is 16.0. The van der Waals surface area contributed by atoms with E-state index in [2.05, 4.69) is 9.97 Å². The maximum absolute atomic E-state index is 13.4. The van der Waals surface area contributed by atoms with E-state index < -0.39 is 10.6 Å². The van der Waals surface area contributed by atoms with Crippen molar-refractivity contribution in [2.24, 2.45) is 0 Å². The van der Waals surface area contributed by atoms with Crippen LogP contribution < -0.4 is 11.2 Å². The highest BCUT2D eigenvalue weighted by Gasteiger charge is 2.15. The lowest BCUT2D eigenvalue weighted by molar-refractivity contribution is -0.384. The number of rotatable bonds is 6. The van der Waals surface area contributed by atoms with Crippen LogP contribution in [0.1, 0.15) is 11.1 Å². The van der Waals surface area contributed by atoms with Crippen LogP contribution in [0.5, 0.6) is 0 Å². The van der Waals surface area contributed by atoms with Crippen LogP contribution in [0.25, 0.3) is 21.9 Å². The zero-order valence-corrected chi connectivity index (χ0v) is 17.5. The highest BCUT2D eigenvalue weighted by atomic mass is 16.6. The zero-order chi connectivity index (χ0) is 22.9. The van der Waals surface area contributed by atoms with Crippen LogP contribution in [0, 0.1) is 10.1 Å². The molecule has 0 spiro atoms. The third-order valence-corrected chi connectivity index (χ3v) is 5.75. The third kappa shape index (κ3) is 3.69. The van der Waals surface area contributed by atoms with E-state index in [1.807, 2.05) is 30.5 Å². The van der Waals surface area contributed by atoms with Gasteiger partial charge in [-0.1, -0.05) is 30.3 Å². The van der Waals surface area contributed by atoms with Crippen molar-refractivity contribution >= 4 is 27.6 Å². The maximum Gasteiger partial charge on any atom is 0.332 e. The highest BCUT2D eigenvalue weighted by molar-refractivity contribution is 5.83. The summed E-state index contributed by atoms with van der Waals surface area (Å²) in [5.41, 5.74) is 2.11. The van der Waals surface area contributed by atoms with E-state index in [0.29, 0.717) is 17.4 Å². The summed E-state index contributed by atoms with van der Waals surface area (Å²) in [6.07, 6.45) is 3.93. The summed E-state index contributed by atoms with van der Waals surface area (Å²) in [7, 11) is 0. The van der Waals surface area contributed by atoms with Gasteiger partial charge in [-0.05, 0) is 35.7 Å². The molecule has 0 aliphatic carbocycles. The number of nitro benzene ring substituents is 1. The van der Waals surface area contributed by atoms with Crippen LogP contribution >= 0.6 is 0 Å².